The maximum Gasteiger partial charge on any atom is 0.290 e. The van der Waals surface area contributed by atoms with Crippen molar-refractivity contribution in [2.75, 3.05) is 26.9 Å². The van der Waals surface area contributed by atoms with E-state index in [2.05, 4.69) is 6.92 Å². The van der Waals surface area contributed by atoms with Gasteiger partial charge < -0.3 is 18.8 Å². The number of methoxy groups -OCH3 is 1. The van der Waals surface area contributed by atoms with Gasteiger partial charge in [0.25, 0.3) is 5.91 Å². The number of nitrogens with zero attached hydrogens (tertiary/aromatic N) is 1. The van der Waals surface area contributed by atoms with E-state index in [4.69, 9.17) is 25.5 Å². The number of benzene rings is 2. The fourth-order valence-electron chi connectivity index (χ4n) is 4.27. The highest BCUT2D eigenvalue weighted by Crippen LogP contribution is 2.39. The van der Waals surface area contributed by atoms with Crippen molar-refractivity contribution in [1.82, 2.24) is 4.90 Å². The van der Waals surface area contributed by atoms with Crippen LogP contribution in [0.5, 0.6) is 5.75 Å². The molecule has 174 valence electrons. The Kier molecular flexibility index (Phi) is 7.36. The molecule has 1 atom stereocenters. The minimum absolute atomic E-state index is 0.0894. The van der Waals surface area contributed by atoms with Crippen LogP contribution in [0.3, 0.4) is 0 Å². The Hall–Kier alpha value is -2.83. The summed E-state index contributed by atoms with van der Waals surface area (Å²) < 4.78 is 17.1. The number of carbonyl (C=O) groups excluding carboxylic acids is 1. The third-order valence-corrected chi connectivity index (χ3v) is 6.10. The zero-order valence-electron chi connectivity index (χ0n) is 18.9. The van der Waals surface area contributed by atoms with Crippen LogP contribution in [0, 0.1) is 0 Å². The van der Waals surface area contributed by atoms with E-state index in [1.165, 1.54) is 0 Å². The van der Waals surface area contributed by atoms with Gasteiger partial charge in [-0.3, -0.25) is 9.59 Å². The third-order valence-electron chi connectivity index (χ3n) is 5.87. The van der Waals surface area contributed by atoms with E-state index < -0.39 is 6.04 Å². The van der Waals surface area contributed by atoms with Gasteiger partial charge in [0, 0.05) is 25.3 Å². The Morgan fingerprint density at radius 2 is 1.91 bits per heavy atom. The number of halogens is 1. The monoisotopic (exact) mass is 469 g/mol. The molecule has 7 heteroatoms. The molecule has 1 aliphatic heterocycles. The SMILES string of the molecule is CCCCCOc1cccc(C2c3c(oc4ccc(Cl)cc4c3=O)C(=O)N2CCCOC)c1. The lowest BCUT2D eigenvalue weighted by Gasteiger charge is -2.25. The maximum absolute atomic E-state index is 13.6. The maximum atomic E-state index is 13.6. The van der Waals surface area contributed by atoms with Crippen LogP contribution in [0.25, 0.3) is 11.0 Å². The van der Waals surface area contributed by atoms with Crippen LogP contribution < -0.4 is 10.2 Å². The summed E-state index contributed by atoms with van der Waals surface area (Å²) in [5, 5.41) is 0.805. The normalized spacial score (nSPS) is 15.3. The molecule has 0 saturated heterocycles. The van der Waals surface area contributed by atoms with Crippen molar-refractivity contribution >= 4 is 28.5 Å². The molecular weight excluding hydrogens is 442 g/mol. The van der Waals surface area contributed by atoms with Gasteiger partial charge in [-0.1, -0.05) is 43.5 Å². The Bertz CT molecular complexity index is 1200. The molecule has 0 spiro atoms. The molecule has 4 rings (SSSR count). The average Bonchev–Trinajstić information content (AvgIpc) is 3.10. The largest absolute Gasteiger partial charge is 0.494 e. The second-order valence-electron chi connectivity index (χ2n) is 8.19. The molecule has 1 unspecified atom stereocenters. The molecule has 0 bridgehead atoms. The molecule has 3 aromatic rings. The molecule has 0 saturated carbocycles. The zero-order valence-corrected chi connectivity index (χ0v) is 19.7. The fourth-order valence-corrected chi connectivity index (χ4v) is 4.44. The van der Waals surface area contributed by atoms with Gasteiger partial charge in [-0.05, 0) is 48.7 Å². The standard InChI is InChI=1S/C26H28ClNO5/c1-3-4-5-14-32-19-9-6-8-17(15-19)23-22-24(29)20-16-18(27)10-11-21(20)33-25(22)26(30)28(23)12-7-13-31-2/h6,8-11,15-16,23H,3-5,7,12-14H2,1-2H3. The van der Waals surface area contributed by atoms with Crippen molar-refractivity contribution in [3.8, 4) is 5.75 Å². The van der Waals surface area contributed by atoms with Crippen LogP contribution in [-0.2, 0) is 4.74 Å². The lowest BCUT2D eigenvalue weighted by atomic mass is 9.98. The molecule has 1 amide bonds. The molecule has 33 heavy (non-hydrogen) atoms. The summed E-state index contributed by atoms with van der Waals surface area (Å²) in [5.74, 6) is 0.510. The summed E-state index contributed by atoms with van der Waals surface area (Å²) in [4.78, 5) is 28.6. The number of amides is 1. The van der Waals surface area contributed by atoms with Crippen LogP contribution in [0.4, 0.5) is 0 Å². The first kappa shape index (κ1) is 23.3. The van der Waals surface area contributed by atoms with Gasteiger partial charge in [-0.2, -0.15) is 0 Å². The first-order valence-corrected chi connectivity index (χ1v) is 11.7. The van der Waals surface area contributed by atoms with Crippen LogP contribution in [0.15, 0.2) is 51.7 Å². The Labute approximate surface area is 198 Å². The van der Waals surface area contributed by atoms with E-state index in [1.807, 2.05) is 24.3 Å². The predicted octanol–water partition coefficient (Wildman–Crippen LogP) is 5.60. The Balaban J connectivity index is 1.78. The third kappa shape index (κ3) is 4.77. The van der Waals surface area contributed by atoms with E-state index in [-0.39, 0.29) is 17.1 Å². The first-order chi connectivity index (χ1) is 16.0. The van der Waals surface area contributed by atoms with Crippen LogP contribution in [0.1, 0.15) is 60.3 Å². The first-order valence-electron chi connectivity index (χ1n) is 11.3. The number of rotatable bonds is 10. The van der Waals surface area contributed by atoms with Crippen molar-refractivity contribution in [1.29, 1.82) is 0 Å². The molecule has 6 nitrogen and oxygen atoms in total. The second-order valence-corrected chi connectivity index (χ2v) is 8.63. The molecule has 2 heterocycles. The van der Waals surface area contributed by atoms with Gasteiger partial charge in [-0.25, -0.2) is 0 Å². The van der Waals surface area contributed by atoms with Crippen LogP contribution >= 0.6 is 11.6 Å². The molecule has 2 aromatic carbocycles. The van der Waals surface area contributed by atoms with Gasteiger partial charge >= 0.3 is 0 Å². The molecular formula is C26H28ClNO5. The molecule has 0 fully saturated rings. The number of ether oxygens (including phenoxy) is 2. The van der Waals surface area contributed by atoms with Crippen molar-refractivity contribution < 1.29 is 18.7 Å². The molecule has 0 radical (unpaired) electrons. The Morgan fingerprint density at radius 3 is 2.70 bits per heavy atom. The predicted molar refractivity (Wildman–Crippen MR) is 128 cm³/mol. The second kappa shape index (κ2) is 10.4. The summed E-state index contributed by atoms with van der Waals surface area (Å²) >= 11 is 6.14. The number of carbonyl (C=O) groups is 1. The van der Waals surface area contributed by atoms with E-state index in [0.29, 0.717) is 47.7 Å². The van der Waals surface area contributed by atoms with Gasteiger partial charge in [-0.15, -0.1) is 0 Å². The molecule has 1 aliphatic rings. The van der Waals surface area contributed by atoms with Crippen molar-refractivity contribution in [2.45, 2.75) is 38.6 Å². The number of fused-ring (bicyclic) bond motifs is 2. The summed E-state index contributed by atoms with van der Waals surface area (Å²) in [6.07, 6.45) is 3.84. The molecule has 0 N–H and O–H groups in total. The highest BCUT2D eigenvalue weighted by molar-refractivity contribution is 6.31. The zero-order chi connectivity index (χ0) is 23.4. The van der Waals surface area contributed by atoms with Crippen molar-refractivity contribution in [3.05, 3.63) is 74.6 Å². The van der Waals surface area contributed by atoms with E-state index in [1.54, 1.807) is 30.2 Å². The average molecular weight is 470 g/mol. The van der Waals surface area contributed by atoms with Crippen molar-refractivity contribution in [2.24, 2.45) is 0 Å². The quantitative estimate of drug-likeness (QED) is 0.361. The fraction of sp³-hybridized carbons (Fsp3) is 0.385. The number of hydrogen-bond donors (Lipinski definition) is 0. The van der Waals surface area contributed by atoms with E-state index >= 15 is 0 Å². The van der Waals surface area contributed by atoms with E-state index in [9.17, 15) is 9.59 Å². The van der Waals surface area contributed by atoms with Gasteiger partial charge in [0.1, 0.15) is 11.3 Å². The summed E-state index contributed by atoms with van der Waals surface area (Å²) in [7, 11) is 1.62. The lowest BCUT2D eigenvalue weighted by molar-refractivity contribution is 0.0707. The van der Waals surface area contributed by atoms with E-state index in [0.717, 1.165) is 30.6 Å². The molecule has 0 aliphatic carbocycles. The minimum Gasteiger partial charge on any atom is -0.494 e. The Morgan fingerprint density at radius 1 is 1.06 bits per heavy atom. The van der Waals surface area contributed by atoms with Gasteiger partial charge in [0.2, 0.25) is 5.76 Å². The lowest BCUT2D eigenvalue weighted by Crippen LogP contribution is -2.31. The summed E-state index contributed by atoms with van der Waals surface area (Å²) in [6.45, 7) is 3.71. The topological polar surface area (TPSA) is 69.0 Å². The van der Waals surface area contributed by atoms with Crippen LogP contribution in [-0.4, -0.2) is 37.7 Å². The summed E-state index contributed by atoms with van der Waals surface area (Å²) in [6, 6.07) is 11.9. The number of hydrogen-bond acceptors (Lipinski definition) is 5. The molecule has 1 aromatic heterocycles. The highest BCUT2D eigenvalue weighted by Gasteiger charge is 2.42. The highest BCUT2D eigenvalue weighted by atomic mass is 35.5. The van der Waals surface area contributed by atoms with Gasteiger partial charge in [0.05, 0.1) is 23.6 Å². The smallest absolute Gasteiger partial charge is 0.290 e. The van der Waals surface area contributed by atoms with Crippen molar-refractivity contribution in [3.63, 3.8) is 0 Å². The minimum atomic E-state index is -0.567. The van der Waals surface area contributed by atoms with Gasteiger partial charge in [0.15, 0.2) is 5.43 Å². The summed E-state index contributed by atoms with van der Waals surface area (Å²) in [5.41, 5.74) is 1.26. The van der Waals surface area contributed by atoms with Crippen LogP contribution in [0.2, 0.25) is 5.02 Å². The number of unbranched alkanes of at least 4 members (excludes halogenated alkanes) is 2.